The number of carbonyl (C=O) groups excluding carboxylic acids is 1. The van der Waals surface area contributed by atoms with Gasteiger partial charge in [-0.2, -0.15) is 0 Å². The third kappa shape index (κ3) is 52.6. The lowest BCUT2D eigenvalue weighted by molar-refractivity contribution is -0.302. The highest BCUT2D eigenvalue weighted by Gasteiger charge is 2.44. The summed E-state index contributed by atoms with van der Waals surface area (Å²) in [6.07, 6.45) is 78.8. The summed E-state index contributed by atoms with van der Waals surface area (Å²) in [6, 6.07) is -0.804. The van der Waals surface area contributed by atoms with Crippen LogP contribution >= 0.6 is 0 Å². The first-order valence-corrected chi connectivity index (χ1v) is 37.6. The Hall–Kier alpha value is -1.33. The third-order valence-corrected chi connectivity index (χ3v) is 18.3. The Morgan fingerprint density at radius 1 is 0.393 bits per heavy atom. The molecular weight excluding hydrogens is 1040 g/mol. The molecule has 0 aromatic carbocycles. The van der Waals surface area contributed by atoms with Crippen LogP contribution in [0.15, 0.2) is 24.3 Å². The molecule has 0 spiro atoms. The standard InChI is InChI=1S/C75H145NO8/c1-3-5-7-9-11-13-15-17-19-21-23-25-27-29-31-32-33-34-35-36-37-38-39-41-43-45-47-49-51-53-55-57-59-61-63-65-71(79)76-68(67-83-75-74(82)73(81)72(80)70(66-77)84-75)69(78)64-62-60-58-56-54-52-50-48-46-44-42-40-30-28-26-24-22-20-18-16-14-12-10-8-6-4-2/h21,23,62,64,68-70,72-75,77-78,80-82H,3-20,22,24-61,63,65-67H2,1-2H3,(H,76,79)/b23-21-,64-62+. The molecular formula is C75H145NO8. The Labute approximate surface area is 521 Å². The second-order valence-corrected chi connectivity index (χ2v) is 26.4. The minimum atomic E-state index is -1.57. The van der Waals surface area contributed by atoms with Gasteiger partial charge in [-0.05, 0) is 44.9 Å². The SMILES string of the molecule is CCCCCCCCCC/C=C\CCCCCCCCCCCCCCCCCCCCCCCCCC(=O)NC(COC1OC(CO)C(O)C(O)C1O)C(O)/C=C/CCCCCCCCCCCCCCCCCCCCCCCCCC. The lowest BCUT2D eigenvalue weighted by Gasteiger charge is -2.40. The van der Waals surface area contributed by atoms with Gasteiger partial charge < -0.3 is 40.3 Å². The Morgan fingerprint density at radius 3 is 0.964 bits per heavy atom. The molecule has 1 saturated heterocycles. The van der Waals surface area contributed by atoms with Gasteiger partial charge in [-0.3, -0.25) is 4.79 Å². The molecule has 7 unspecified atom stereocenters. The predicted octanol–water partition coefficient (Wildman–Crippen LogP) is 20.8. The van der Waals surface area contributed by atoms with E-state index in [-0.39, 0.29) is 12.5 Å². The summed E-state index contributed by atoms with van der Waals surface area (Å²) in [5.74, 6) is -0.167. The quantitative estimate of drug-likeness (QED) is 0.0261. The minimum absolute atomic E-state index is 0.167. The first-order chi connectivity index (χ1) is 41.3. The summed E-state index contributed by atoms with van der Waals surface area (Å²) in [5.41, 5.74) is 0. The number of aliphatic hydroxyl groups excluding tert-OH is 5. The van der Waals surface area contributed by atoms with Gasteiger partial charge in [-0.25, -0.2) is 0 Å². The molecule has 0 saturated carbocycles. The van der Waals surface area contributed by atoms with E-state index < -0.39 is 49.5 Å². The van der Waals surface area contributed by atoms with Crippen LogP contribution in [0.5, 0.6) is 0 Å². The molecule has 0 radical (unpaired) electrons. The molecule has 84 heavy (non-hydrogen) atoms. The fourth-order valence-corrected chi connectivity index (χ4v) is 12.4. The van der Waals surface area contributed by atoms with Crippen molar-refractivity contribution in [2.45, 2.75) is 436 Å². The number of hydrogen-bond donors (Lipinski definition) is 6. The van der Waals surface area contributed by atoms with E-state index in [1.165, 1.54) is 334 Å². The maximum absolute atomic E-state index is 13.1. The predicted molar refractivity (Wildman–Crippen MR) is 360 cm³/mol. The van der Waals surface area contributed by atoms with Gasteiger partial charge in [0, 0.05) is 6.42 Å². The molecule has 1 rings (SSSR count). The van der Waals surface area contributed by atoms with Crippen LogP contribution in [0.25, 0.3) is 0 Å². The first kappa shape index (κ1) is 80.7. The second-order valence-electron chi connectivity index (χ2n) is 26.4. The number of rotatable bonds is 67. The molecule has 6 N–H and O–H groups in total. The topological polar surface area (TPSA) is 149 Å². The van der Waals surface area contributed by atoms with E-state index >= 15 is 0 Å². The number of carbonyl (C=O) groups is 1. The number of ether oxygens (including phenoxy) is 2. The smallest absolute Gasteiger partial charge is 0.220 e. The molecule has 0 aromatic heterocycles. The van der Waals surface area contributed by atoms with Gasteiger partial charge in [-0.15, -0.1) is 0 Å². The molecule has 9 nitrogen and oxygen atoms in total. The molecule has 9 heteroatoms. The lowest BCUT2D eigenvalue weighted by Crippen LogP contribution is -2.60. The number of aliphatic hydroxyl groups is 5. The van der Waals surface area contributed by atoms with Crippen molar-refractivity contribution in [3.05, 3.63) is 24.3 Å². The number of unbranched alkanes of at least 4 members (excludes halogenated alkanes) is 55. The van der Waals surface area contributed by atoms with Crippen molar-refractivity contribution in [2.75, 3.05) is 13.2 Å². The van der Waals surface area contributed by atoms with Crippen molar-refractivity contribution < 1.29 is 39.8 Å². The highest BCUT2D eigenvalue weighted by Crippen LogP contribution is 2.24. The van der Waals surface area contributed by atoms with Gasteiger partial charge in [-0.1, -0.05) is 366 Å². The van der Waals surface area contributed by atoms with Crippen molar-refractivity contribution in [1.82, 2.24) is 5.32 Å². The van der Waals surface area contributed by atoms with Gasteiger partial charge in [0.1, 0.15) is 24.4 Å². The zero-order chi connectivity index (χ0) is 60.7. The fourth-order valence-electron chi connectivity index (χ4n) is 12.4. The van der Waals surface area contributed by atoms with E-state index in [2.05, 4.69) is 31.3 Å². The molecule has 1 aliphatic rings. The van der Waals surface area contributed by atoms with Gasteiger partial charge in [0.05, 0.1) is 25.4 Å². The van der Waals surface area contributed by atoms with Crippen LogP contribution in [0, 0.1) is 0 Å². The van der Waals surface area contributed by atoms with E-state index in [0.717, 1.165) is 38.5 Å². The highest BCUT2D eigenvalue weighted by atomic mass is 16.7. The zero-order valence-corrected chi connectivity index (χ0v) is 55.9. The van der Waals surface area contributed by atoms with Crippen LogP contribution in [0.3, 0.4) is 0 Å². The third-order valence-electron chi connectivity index (χ3n) is 18.3. The molecule has 7 atom stereocenters. The summed E-state index contributed by atoms with van der Waals surface area (Å²) < 4.78 is 11.3. The average molecular weight is 1190 g/mol. The average Bonchev–Trinajstić information content (AvgIpc) is 3.70. The van der Waals surface area contributed by atoms with E-state index in [9.17, 15) is 30.3 Å². The molecule has 0 bridgehead atoms. The summed E-state index contributed by atoms with van der Waals surface area (Å²) in [4.78, 5) is 13.1. The summed E-state index contributed by atoms with van der Waals surface area (Å²) in [6.45, 7) is 3.84. The van der Waals surface area contributed by atoms with Gasteiger partial charge in [0.2, 0.25) is 5.91 Å². The van der Waals surface area contributed by atoms with Gasteiger partial charge in [0.25, 0.3) is 0 Å². The van der Waals surface area contributed by atoms with Crippen LogP contribution in [0.4, 0.5) is 0 Å². The van der Waals surface area contributed by atoms with Crippen LogP contribution < -0.4 is 5.32 Å². The Bertz CT molecular complexity index is 1380. The van der Waals surface area contributed by atoms with E-state index in [1.807, 2.05) is 6.08 Å². The maximum atomic E-state index is 13.1. The van der Waals surface area contributed by atoms with Gasteiger partial charge >= 0.3 is 0 Å². The summed E-state index contributed by atoms with van der Waals surface area (Å²) in [7, 11) is 0. The lowest BCUT2D eigenvalue weighted by atomic mass is 9.99. The van der Waals surface area contributed by atoms with Gasteiger partial charge in [0.15, 0.2) is 6.29 Å². The molecule has 1 aliphatic heterocycles. The zero-order valence-electron chi connectivity index (χ0n) is 55.9. The normalized spacial score (nSPS) is 18.2. The highest BCUT2D eigenvalue weighted by molar-refractivity contribution is 5.76. The second kappa shape index (κ2) is 64.6. The van der Waals surface area contributed by atoms with E-state index in [1.54, 1.807) is 6.08 Å². The number of nitrogens with one attached hydrogen (secondary N) is 1. The van der Waals surface area contributed by atoms with Crippen LogP contribution in [-0.4, -0.2) is 87.5 Å². The molecule has 498 valence electrons. The summed E-state index contributed by atoms with van der Waals surface area (Å²) >= 11 is 0. The number of hydrogen-bond acceptors (Lipinski definition) is 8. The minimum Gasteiger partial charge on any atom is -0.394 e. The monoisotopic (exact) mass is 1190 g/mol. The molecule has 0 aromatic rings. The van der Waals surface area contributed by atoms with Crippen LogP contribution in [-0.2, 0) is 14.3 Å². The van der Waals surface area contributed by atoms with Crippen molar-refractivity contribution in [1.29, 1.82) is 0 Å². The Morgan fingerprint density at radius 2 is 0.667 bits per heavy atom. The van der Waals surface area contributed by atoms with Crippen molar-refractivity contribution in [2.24, 2.45) is 0 Å². The van der Waals surface area contributed by atoms with Crippen molar-refractivity contribution in [3.63, 3.8) is 0 Å². The Kier molecular flexibility index (Phi) is 62.1. The first-order valence-electron chi connectivity index (χ1n) is 37.6. The largest absolute Gasteiger partial charge is 0.394 e. The molecule has 1 amide bonds. The fraction of sp³-hybridized carbons (Fsp3) is 0.933. The van der Waals surface area contributed by atoms with Crippen LogP contribution in [0.2, 0.25) is 0 Å². The maximum Gasteiger partial charge on any atom is 0.220 e. The summed E-state index contributed by atoms with van der Waals surface area (Å²) in [5, 5.41) is 54.8. The van der Waals surface area contributed by atoms with Crippen molar-refractivity contribution in [3.8, 4) is 0 Å². The number of amides is 1. The van der Waals surface area contributed by atoms with E-state index in [4.69, 9.17) is 9.47 Å². The van der Waals surface area contributed by atoms with Crippen molar-refractivity contribution >= 4 is 5.91 Å². The molecule has 1 fully saturated rings. The van der Waals surface area contributed by atoms with Crippen LogP contribution in [0.1, 0.15) is 393 Å². The molecule has 0 aliphatic carbocycles. The Balaban J connectivity index is 2.08. The number of allylic oxidation sites excluding steroid dienone is 3. The van der Waals surface area contributed by atoms with E-state index in [0.29, 0.717) is 6.42 Å². The molecule has 1 heterocycles.